The van der Waals surface area contributed by atoms with Crippen molar-refractivity contribution in [3.8, 4) is 0 Å². The van der Waals surface area contributed by atoms with Gasteiger partial charge in [-0.1, -0.05) is 0 Å². The third kappa shape index (κ3) is 4.74. The van der Waals surface area contributed by atoms with Crippen LogP contribution >= 0.6 is 0 Å². The molecule has 0 aliphatic heterocycles. The second-order valence-corrected chi connectivity index (χ2v) is 16.3. The first-order chi connectivity index (χ1) is 17.6. The maximum absolute atomic E-state index is 11.5. The van der Waals surface area contributed by atoms with Crippen LogP contribution in [0.15, 0.2) is 97.1 Å². The molecule has 0 aromatic heterocycles. The van der Waals surface area contributed by atoms with Crippen LogP contribution in [0, 0.1) is 0 Å². The predicted octanol–water partition coefficient (Wildman–Crippen LogP) is 1.86. The Labute approximate surface area is 213 Å². The van der Waals surface area contributed by atoms with Crippen molar-refractivity contribution in [2.24, 2.45) is 0 Å². The fraction of sp³-hybridized carbons (Fsp3) is 0. The zero-order chi connectivity index (χ0) is 26.7. The van der Waals surface area contributed by atoms with Crippen LogP contribution in [0.25, 0.3) is 0 Å². The number of carboxylic acid groups (broad SMARTS) is 4. The van der Waals surface area contributed by atoms with Crippen LogP contribution in [0.3, 0.4) is 0 Å². The van der Waals surface area contributed by atoms with E-state index in [9.17, 15) is 39.6 Å². The van der Waals surface area contributed by atoms with Crippen molar-refractivity contribution in [3.05, 3.63) is 119 Å². The van der Waals surface area contributed by atoms with Gasteiger partial charge in [0.1, 0.15) is 0 Å². The molecule has 0 spiro atoms. The number of hydrogen-bond acceptors (Lipinski definition) is 4. The topological polar surface area (TPSA) is 149 Å². The Hall–Kier alpha value is -4.70. The Kier molecular flexibility index (Phi) is 6.94. The van der Waals surface area contributed by atoms with Crippen LogP contribution in [0.5, 0.6) is 0 Å². The molecule has 0 amide bonds. The van der Waals surface area contributed by atoms with Gasteiger partial charge in [0.2, 0.25) is 0 Å². The Balaban J connectivity index is 2.09. The molecule has 9 heteroatoms. The minimum atomic E-state index is -4.05. The third-order valence-electron chi connectivity index (χ3n) is 6.26. The monoisotopic (exact) mass is 558 g/mol. The van der Waals surface area contributed by atoms with E-state index >= 15 is 0 Å². The van der Waals surface area contributed by atoms with Crippen LogP contribution in [-0.4, -0.2) is 57.6 Å². The van der Waals surface area contributed by atoms with E-state index in [1.165, 1.54) is 48.5 Å². The SMILES string of the molecule is O=C(O)c1cc[c]([Ge]([c]2ccc(C(=O)O)cc2)([c]2ccc(C(=O)O)cc2)[c]2ccc(C(=O)O)cc2)cc1. The molecule has 0 aliphatic rings. The molecule has 184 valence electrons. The summed E-state index contributed by atoms with van der Waals surface area (Å²) in [5, 5.41) is 37.7. The van der Waals surface area contributed by atoms with Crippen molar-refractivity contribution in [2.45, 2.75) is 0 Å². The number of rotatable bonds is 8. The van der Waals surface area contributed by atoms with E-state index in [-0.39, 0.29) is 22.3 Å². The maximum atomic E-state index is 11.5. The van der Waals surface area contributed by atoms with E-state index in [1.54, 1.807) is 48.5 Å². The van der Waals surface area contributed by atoms with Crippen LogP contribution in [0.4, 0.5) is 0 Å². The molecule has 0 bridgehead atoms. The second kappa shape index (κ2) is 10.1. The molecular formula is C28H20GeO8. The molecule has 8 nitrogen and oxygen atoms in total. The average Bonchev–Trinajstić information content (AvgIpc) is 2.90. The number of carbonyl (C=O) groups is 4. The number of carboxylic acids is 4. The fourth-order valence-electron chi connectivity index (χ4n) is 4.45. The van der Waals surface area contributed by atoms with Gasteiger partial charge in [-0.05, 0) is 0 Å². The standard InChI is InChI=1S/C28H20GeO8/c30-25(31)17-1-9-21(10-2-17)29(22-11-3-18(4-12-22)26(32)33,23-13-5-19(6-14-23)27(34)35)24-15-7-20(8-16-24)28(36)37/h1-16H,(H,30,31)(H,32,33)(H,34,35)(H,36,37). The van der Waals surface area contributed by atoms with Crippen molar-refractivity contribution in [3.63, 3.8) is 0 Å². The molecule has 4 rings (SSSR count). The van der Waals surface area contributed by atoms with E-state index in [0.29, 0.717) is 0 Å². The summed E-state index contributed by atoms with van der Waals surface area (Å²) in [5.74, 6) is -4.36. The zero-order valence-electron chi connectivity index (χ0n) is 19.2. The van der Waals surface area contributed by atoms with Crippen molar-refractivity contribution >= 4 is 54.7 Å². The van der Waals surface area contributed by atoms with Gasteiger partial charge in [-0.2, -0.15) is 0 Å². The molecule has 0 unspecified atom stereocenters. The molecule has 4 aromatic carbocycles. The molecule has 4 aromatic rings. The predicted molar refractivity (Wildman–Crippen MR) is 138 cm³/mol. The molecular weight excluding hydrogens is 537 g/mol. The summed E-state index contributed by atoms with van der Waals surface area (Å²) >= 11 is -4.05. The quantitative estimate of drug-likeness (QED) is 0.240. The number of hydrogen-bond donors (Lipinski definition) is 4. The molecule has 0 radical (unpaired) electrons. The molecule has 0 fully saturated rings. The van der Waals surface area contributed by atoms with Gasteiger partial charge in [-0.3, -0.25) is 0 Å². The fourth-order valence-corrected chi connectivity index (χ4v) is 14.2. The van der Waals surface area contributed by atoms with E-state index in [2.05, 4.69) is 0 Å². The molecule has 0 aliphatic carbocycles. The van der Waals surface area contributed by atoms with Gasteiger partial charge in [-0.15, -0.1) is 0 Å². The number of benzene rings is 4. The Morgan fingerprint density at radius 3 is 0.649 bits per heavy atom. The Morgan fingerprint density at radius 2 is 0.514 bits per heavy atom. The normalized spacial score (nSPS) is 11.0. The van der Waals surface area contributed by atoms with Gasteiger partial charge in [0, 0.05) is 0 Å². The van der Waals surface area contributed by atoms with Gasteiger partial charge in [0.25, 0.3) is 0 Å². The number of aromatic carboxylic acids is 4. The zero-order valence-corrected chi connectivity index (χ0v) is 21.3. The van der Waals surface area contributed by atoms with Crippen molar-refractivity contribution in [1.82, 2.24) is 0 Å². The first kappa shape index (κ1) is 25.4. The summed E-state index contributed by atoms with van der Waals surface area (Å²) in [6.07, 6.45) is 0. The third-order valence-corrected chi connectivity index (χ3v) is 16.3. The Bertz CT molecular complexity index is 1250. The van der Waals surface area contributed by atoms with Crippen LogP contribution < -0.4 is 17.6 Å². The molecule has 4 N–H and O–H groups in total. The summed E-state index contributed by atoms with van der Waals surface area (Å²) in [6, 6.07) is 25.6. The van der Waals surface area contributed by atoms with Crippen LogP contribution in [0.1, 0.15) is 41.4 Å². The summed E-state index contributed by atoms with van der Waals surface area (Å²) < 4.78 is 3.16. The van der Waals surface area contributed by atoms with Crippen molar-refractivity contribution in [1.29, 1.82) is 0 Å². The molecule has 0 saturated carbocycles. The van der Waals surface area contributed by atoms with Gasteiger partial charge >= 0.3 is 214 Å². The minimum absolute atomic E-state index is 0.0868. The molecule has 0 saturated heterocycles. The summed E-state index contributed by atoms with van der Waals surface area (Å²) in [4.78, 5) is 46.1. The summed E-state index contributed by atoms with van der Waals surface area (Å²) in [5.41, 5.74) is 0.347. The average molecular weight is 557 g/mol. The van der Waals surface area contributed by atoms with E-state index in [4.69, 9.17) is 0 Å². The Morgan fingerprint density at radius 1 is 0.351 bits per heavy atom. The first-order valence-corrected chi connectivity index (χ1v) is 15.2. The van der Waals surface area contributed by atoms with Crippen molar-refractivity contribution in [2.75, 3.05) is 0 Å². The summed E-state index contributed by atoms with van der Waals surface area (Å²) in [6.45, 7) is 0. The molecule has 0 atom stereocenters. The van der Waals surface area contributed by atoms with Gasteiger partial charge in [0.15, 0.2) is 0 Å². The molecule has 0 heterocycles. The molecule has 37 heavy (non-hydrogen) atoms. The first-order valence-electron chi connectivity index (χ1n) is 11.0. The van der Waals surface area contributed by atoms with E-state index in [0.717, 1.165) is 17.6 Å². The van der Waals surface area contributed by atoms with Gasteiger partial charge in [-0.25, -0.2) is 0 Å². The second-order valence-electron chi connectivity index (χ2n) is 8.28. The van der Waals surface area contributed by atoms with E-state index < -0.39 is 37.1 Å². The van der Waals surface area contributed by atoms with Gasteiger partial charge in [0.05, 0.1) is 0 Å². The van der Waals surface area contributed by atoms with Crippen LogP contribution in [0.2, 0.25) is 0 Å². The van der Waals surface area contributed by atoms with Crippen molar-refractivity contribution < 1.29 is 39.6 Å². The van der Waals surface area contributed by atoms with Gasteiger partial charge < -0.3 is 0 Å². The summed E-state index contributed by atoms with van der Waals surface area (Å²) in [7, 11) is 0. The van der Waals surface area contributed by atoms with Crippen LogP contribution in [-0.2, 0) is 0 Å². The van der Waals surface area contributed by atoms with E-state index in [1.807, 2.05) is 0 Å².